The van der Waals surface area contributed by atoms with E-state index in [1.807, 2.05) is 6.92 Å². The molecule has 0 aromatic carbocycles. The Bertz CT molecular complexity index is 179. The van der Waals surface area contributed by atoms with Crippen molar-refractivity contribution in [3.05, 3.63) is 0 Å². The number of esters is 1. The minimum atomic E-state index is -0.0609. The van der Waals surface area contributed by atoms with Crippen molar-refractivity contribution in [2.24, 2.45) is 0 Å². The smallest absolute Gasteiger partial charge is 0.306 e. The van der Waals surface area contributed by atoms with Crippen molar-refractivity contribution in [2.75, 3.05) is 7.11 Å². The van der Waals surface area contributed by atoms with E-state index < -0.39 is 0 Å². The zero-order chi connectivity index (χ0) is 10.4. The molecule has 1 saturated carbocycles. The first kappa shape index (κ1) is 11.5. The van der Waals surface area contributed by atoms with Crippen LogP contribution in [0.1, 0.15) is 45.4 Å². The second-order valence-electron chi connectivity index (χ2n) is 3.89. The Morgan fingerprint density at radius 1 is 1.36 bits per heavy atom. The maximum Gasteiger partial charge on any atom is 0.306 e. The van der Waals surface area contributed by atoms with Gasteiger partial charge in [-0.2, -0.15) is 0 Å². The van der Waals surface area contributed by atoms with E-state index in [2.05, 4.69) is 0 Å². The molecule has 0 N–H and O–H groups in total. The fourth-order valence-electron chi connectivity index (χ4n) is 1.87. The lowest BCUT2D eigenvalue weighted by molar-refractivity contribution is -0.152. The highest BCUT2D eigenvalue weighted by atomic mass is 16.5. The van der Waals surface area contributed by atoms with Gasteiger partial charge < -0.3 is 9.47 Å². The molecule has 0 saturated heterocycles. The second-order valence-corrected chi connectivity index (χ2v) is 3.89. The van der Waals surface area contributed by atoms with Gasteiger partial charge in [-0.25, -0.2) is 0 Å². The topological polar surface area (TPSA) is 35.5 Å². The van der Waals surface area contributed by atoms with Crippen molar-refractivity contribution >= 4 is 5.97 Å². The van der Waals surface area contributed by atoms with Crippen LogP contribution in [0.2, 0.25) is 0 Å². The van der Waals surface area contributed by atoms with Gasteiger partial charge in [0.15, 0.2) is 0 Å². The monoisotopic (exact) mass is 200 g/mol. The van der Waals surface area contributed by atoms with Crippen molar-refractivity contribution in [3.8, 4) is 0 Å². The van der Waals surface area contributed by atoms with Gasteiger partial charge in [-0.15, -0.1) is 0 Å². The standard InChI is InChI=1S/C11H20O3/c1-3-5-11(12)14-10-7-4-6-9(8-10)13-2/h9-10H,3-8H2,1-2H3/t9-,10-/m0/s1. The van der Waals surface area contributed by atoms with Gasteiger partial charge in [0.2, 0.25) is 0 Å². The van der Waals surface area contributed by atoms with E-state index in [9.17, 15) is 4.79 Å². The summed E-state index contributed by atoms with van der Waals surface area (Å²) >= 11 is 0. The molecule has 1 aliphatic carbocycles. The molecule has 0 spiro atoms. The summed E-state index contributed by atoms with van der Waals surface area (Å²) in [6.45, 7) is 1.99. The molecule has 0 unspecified atom stereocenters. The number of rotatable bonds is 4. The Hall–Kier alpha value is -0.570. The van der Waals surface area contributed by atoms with Gasteiger partial charge in [-0.1, -0.05) is 6.92 Å². The predicted molar refractivity (Wildman–Crippen MR) is 54.1 cm³/mol. The number of methoxy groups -OCH3 is 1. The van der Waals surface area contributed by atoms with Gasteiger partial charge in [0.25, 0.3) is 0 Å². The summed E-state index contributed by atoms with van der Waals surface area (Å²) in [4.78, 5) is 11.2. The Morgan fingerprint density at radius 3 is 2.71 bits per heavy atom. The van der Waals surface area contributed by atoms with Gasteiger partial charge in [0.1, 0.15) is 6.10 Å². The largest absolute Gasteiger partial charge is 0.462 e. The summed E-state index contributed by atoms with van der Waals surface area (Å²) in [6, 6.07) is 0. The lowest BCUT2D eigenvalue weighted by Crippen LogP contribution is -2.29. The minimum absolute atomic E-state index is 0.0609. The third-order valence-corrected chi connectivity index (χ3v) is 2.66. The van der Waals surface area contributed by atoms with Crippen molar-refractivity contribution in [1.82, 2.24) is 0 Å². The van der Waals surface area contributed by atoms with Crippen molar-refractivity contribution in [2.45, 2.75) is 57.7 Å². The molecule has 82 valence electrons. The molecule has 0 aromatic rings. The number of hydrogen-bond acceptors (Lipinski definition) is 3. The lowest BCUT2D eigenvalue weighted by atomic mass is 9.95. The SMILES string of the molecule is CCCC(=O)O[C@H]1CCC[C@H](OC)C1. The highest BCUT2D eigenvalue weighted by molar-refractivity contribution is 5.69. The van der Waals surface area contributed by atoms with E-state index >= 15 is 0 Å². The third-order valence-electron chi connectivity index (χ3n) is 2.66. The first-order valence-electron chi connectivity index (χ1n) is 5.48. The number of ether oxygens (including phenoxy) is 2. The highest BCUT2D eigenvalue weighted by Crippen LogP contribution is 2.23. The Balaban J connectivity index is 2.26. The quantitative estimate of drug-likeness (QED) is 0.653. The zero-order valence-corrected chi connectivity index (χ0v) is 9.12. The van der Waals surface area contributed by atoms with Crippen LogP contribution < -0.4 is 0 Å². The maximum atomic E-state index is 11.2. The van der Waals surface area contributed by atoms with Gasteiger partial charge in [-0.05, 0) is 25.7 Å². The Morgan fingerprint density at radius 2 is 2.07 bits per heavy atom. The number of carbonyl (C=O) groups excluding carboxylic acids is 1. The van der Waals surface area contributed by atoms with Gasteiger partial charge >= 0.3 is 5.97 Å². The van der Waals surface area contributed by atoms with Crippen LogP contribution in [0.15, 0.2) is 0 Å². The van der Waals surface area contributed by atoms with Crippen LogP contribution in [0, 0.1) is 0 Å². The maximum absolute atomic E-state index is 11.2. The molecule has 3 nitrogen and oxygen atoms in total. The molecule has 0 heterocycles. The van der Waals surface area contributed by atoms with Crippen molar-refractivity contribution in [3.63, 3.8) is 0 Å². The van der Waals surface area contributed by atoms with E-state index in [0.717, 1.165) is 32.1 Å². The summed E-state index contributed by atoms with van der Waals surface area (Å²) in [7, 11) is 1.72. The zero-order valence-electron chi connectivity index (χ0n) is 9.12. The summed E-state index contributed by atoms with van der Waals surface area (Å²) in [5.41, 5.74) is 0. The molecule has 1 fully saturated rings. The van der Waals surface area contributed by atoms with Gasteiger partial charge in [0, 0.05) is 20.0 Å². The summed E-state index contributed by atoms with van der Waals surface area (Å²) in [5, 5.41) is 0. The third kappa shape index (κ3) is 3.66. The first-order chi connectivity index (χ1) is 6.76. The van der Waals surface area contributed by atoms with Gasteiger partial charge in [0.05, 0.1) is 6.10 Å². The molecule has 14 heavy (non-hydrogen) atoms. The molecule has 1 aliphatic rings. The molecule has 0 aromatic heterocycles. The molecule has 2 atom stereocenters. The van der Waals surface area contributed by atoms with E-state index in [1.54, 1.807) is 7.11 Å². The van der Waals surface area contributed by atoms with E-state index in [4.69, 9.17) is 9.47 Å². The van der Waals surface area contributed by atoms with Gasteiger partial charge in [-0.3, -0.25) is 4.79 Å². The second kappa shape index (κ2) is 6.02. The van der Waals surface area contributed by atoms with Crippen LogP contribution in [0.3, 0.4) is 0 Å². The molecule has 0 bridgehead atoms. The summed E-state index contributed by atoms with van der Waals surface area (Å²) in [5.74, 6) is -0.0609. The van der Waals surface area contributed by atoms with Crippen LogP contribution in [0.4, 0.5) is 0 Å². The Kier molecular flexibility index (Phi) is 4.94. The Labute approximate surface area is 85.8 Å². The van der Waals surface area contributed by atoms with Crippen LogP contribution in [0.25, 0.3) is 0 Å². The molecular weight excluding hydrogens is 180 g/mol. The van der Waals surface area contributed by atoms with Crippen LogP contribution in [0.5, 0.6) is 0 Å². The number of hydrogen-bond donors (Lipinski definition) is 0. The van der Waals surface area contributed by atoms with Crippen molar-refractivity contribution < 1.29 is 14.3 Å². The predicted octanol–water partition coefficient (Wildman–Crippen LogP) is 2.29. The van der Waals surface area contributed by atoms with E-state index in [1.165, 1.54) is 0 Å². The highest BCUT2D eigenvalue weighted by Gasteiger charge is 2.24. The fraction of sp³-hybridized carbons (Fsp3) is 0.909. The lowest BCUT2D eigenvalue weighted by Gasteiger charge is -2.27. The van der Waals surface area contributed by atoms with E-state index in [0.29, 0.717) is 6.42 Å². The molecular formula is C11H20O3. The van der Waals surface area contributed by atoms with Crippen LogP contribution in [-0.4, -0.2) is 25.3 Å². The first-order valence-corrected chi connectivity index (χ1v) is 5.48. The van der Waals surface area contributed by atoms with Crippen LogP contribution >= 0.6 is 0 Å². The average Bonchev–Trinajstić information content (AvgIpc) is 2.18. The van der Waals surface area contributed by atoms with E-state index in [-0.39, 0.29) is 18.2 Å². The van der Waals surface area contributed by atoms with Crippen molar-refractivity contribution in [1.29, 1.82) is 0 Å². The van der Waals surface area contributed by atoms with Crippen LogP contribution in [-0.2, 0) is 14.3 Å². The fourth-order valence-corrected chi connectivity index (χ4v) is 1.87. The normalized spacial score (nSPS) is 27.3. The molecule has 3 heteroatoms. The average molecular weight is 200 g/mol. The summed E-state index contributed by atoms with van der Waals surface area (Å²) in [6.07, 6.45) is 5.83. The summed E-state index contributed by atoms with van der Waals surface area (Å²) < 4.78 is 10.6. The molecule has 0 amide bonds. The minimum Gasteiger partial charge on any atom is -0.462 e. The number of carbonyl (C=O) groups is 1. The molecule has 0 aliphatic heterocycles. The molecule has 0 radical (unpaired) electrons. The molecule has 1 rings (SSSR count).